The summed E-state index contributed by atoms with van der Waals surface area (Å²) in [6.07, 6.45) is 2.31. The quantitative estimate of drug-likeness (QED) is 0.884. The largest absolute Gasteiger partial charge is 0.497 e. The lowest BCUT2D eigenvalue weighted by Crippen LogP contribution is -2.28. The topological polar surface area (TPSA) is 63.2 Å². The average molecular weight is 331 g/mol. The molecule has 0 aliphatic carbocycles. The standard InChI is InChI=1S/C17H21N3O2S/c1-22-14-6-2-4-12(8-14)9-19-16(21)15-11-23-17(20-15)13-5-3-7-18-10-13/h2,4,6,8,11,13,18H,3,5,7,9-10H2,1H3,(H,19,21). The molecule has 6 heteroatoms. The van der Waals surface area contributed by atoms with Gasteiger partial charge in [-0.05, 0) is 37.1 Å². The van der Waals surface area contributed by atoms with Crippen molar-refractivity contribution in [2.75, 3.05) is 20.2 Å². The van der Waals surface area contributed by atoms with Crippen molar-refractivity contribution in [1.82, 2.24) is 15.6 Å². The van der Waals surface area contributed by atoms with Gasteiger partial charge in [0.15, 0.2) is 0 Å². The van der Waals surface area contributed by atoms with Crippen molar-refractivity contribution >= 4 is 17.2 Å². The molecule has 1 fully saturated rings. The molecule has 3 rings (SSSR count). The molecule has 0 radical (unpaired) electrons. The molecule has 2 N–H and O–H groups in total. The van der Waals surface area contributed by atoms with Crippen molar-refractivity contribution in [3.05, 3.63) is 45.9 Å². The van der Waals surface area contributed by atoms with E-state index in [1.807, 2.05) is 29.6 Å². The first-order chi connectivity index (χ1) is 11.3. The molecular weight excluding hydrogens is 310 g/mol. The van der Waals surface area contributed by atoms with Gasteiger partial charge >= 0.3 is 0 Å². The van der Waals surface area contributed by atoms with Crippen molar-refractivity contribution in [2.45, 2.75) is 25.3 Å². The Balaban J connectivity index is 1.58. The maximum atomic E-state index is 12.3. The van der Waals surface area contributed by atoms with Crippen LogP contribution >= 0.6 is 11.3 Å². The summed E-state index contributed by atoms with van der Waals surface area (Å²) in [6.45, 7) is 2.50. The zero-order valence-corrected chi connectivity index (χ0v) is 14.0. The predicted molar refractivity (Wildman–Crippen MR) is 91.1 cm³/mol. The van der Waals surface area contributed by atoms with Crippen LogP contribution in [0, 0.1) is 0 Å². The monoisotopic (exact) mass is 331 g/mol. The number of amides is 1. The molecule has 23 heavy (non-hydrogen) atoms. The Morgan fingerprint density at radius 2 is 2.43 bits per heavy atom. The Hall–Kier alpha value is -1.92. The van der Waals surface area contributed by atoms with Gasteiger partial charge in [-0.3, -0.25) is 4.79 Å². The van der Waals surface area contributed by atoms with E-state index in [1.54, 1.807) is 18.4 Å². The molecule has 2 heterocycles. The van der Waals surface area contributed by atoms with Gasteiger partial charge in [0.2, 0.25) is 0 Å². The second kappa shape index (κ2) is 7.57. The molecule has 1 aliphatic heterocycles. The summed E-state index contributed by atoms with van der Waals surface area (Å²) in [5.74, 6) is 1.10. The molecule has 1 unspecified atom stereocenters. The molecule has 2 aromatic rings. The molecule has 0 saturated carbocycles. The van der Waals surface area contributed by atoms with Gasteiger partial charge in [-0.1, -0.05) is 12.1 Å². The Bertz CT molecular complexity index is 665. The first-order valence-corrected chi connectivity index (χ1v) is 8.71. The van der Waals surface area contributed by atoms with Crippen molar-refractivity contribution in [3.8, 4) is 5.75 Å². The normalized spacial score (nSPS) is 17.7. The highest BCUT2D eigenvalue weighted by Gasteiger charge is 2.20. The van der Waals surface area contributed by atoms with E-state index < -0.39 is 0 Å². The van der Waals surface area contributed by atoms with Gasteiger partial charge in [-0.15, -0.1) is 11.3 Å². The van der Waals surface area contributed by atoms with E-state index in [-0.39, 0.29) is 5.91 Å². The van der Waals surface area contributed by atoms with Crippen LogP contribution in [-0.4, -0.2) is 31.1 Å². The number of piperidine rings is 1. The van der Waals surface area contributed by atoms with E-state index in [0.29, 0.717) is 18.2 Å². The van der Waals surface area contributed by atoms with E-state index in [9.17, 15) is 4.79 Å². The van der Waals surface area contributed by atoms with Gasteiger partial charge in [0.05, 0.1) is 12.1 Å². The summed E-state index contributed by atoms with van der Waals surface area (Å²) in [4.78, 5) is 16.8. The molecule has 5 nitrogen and oxygen atoms in total. The summed E-state index contributed by atoms with van der Waals surface area (Å²) >= 11 is 1.58. The number of benzene rings is 1. The van der Waals surface area contributed by atoms with Crippen LogP contribution in [0.5, 0.6) is 5.75 Å². The minimum absolute atomic E-state index is 0.126. The highest BCUT2D eigenvalue weighted by atomic mass is 32.1. The Kier molecular flexibility index (Phi) is 5.25. The number of carbonyl (C=O) groups is 1. The Labute approximate surface area is 140 Å². The number of ether oxygens (including phenoxy) is 1. The molecule has 0 spiro atoms. The number of hydrogen-bond acceptors (Lipinski definition) is 5. The molecular formula is C17H21N3O2S. The SMILES string of the molecule is COc1cccc(CNC(=O)c2csc(C3CCCNC3)n2)c1. The fourth-order valence-corrected chi connectivity index (χ4v) is 3.63. The third kappa shape index (κ3) is 4.09. The van der Waals surface area contributed by atoms with Gasteiger partial charge in [0.25, 0.3) is 5.91 Å². The summed E-state index contributed by atoms with van der Waals surface area (Å²) in [5.41, 5.74) is 1.52. The highest BCUT2D eigenvalue weighted by molar-refractivity contribution is 7.09. The molecule has 1 aliphatic rings. The van der Waals surface area contributed by atoms with Crippen LogP contribution in [0.25, 0.3) is 0 Å². The van der Waals surface area contributed by atoms with E-state index in [0.717, 1.165) is 35.8 Å². The first-order valence-electron chi connectivity index (χ1n) is 7.83. The van der Waals surface area contributed by atoms with Crippen LogP contribution in [0.3, 0.4) is 0 Å². The van der Waals surface area contributed by atoms with Crippen molar-refractivity contribution in [2.24, 2.45) is 0 Å². The molecule has 1 saturated heterocycles. The van der Waals surface area contributed by atoms with E-state index in [4.69, 9.17) is 4.74 Å². The first kappa shape index (κ1) is 16.0. The predicted octanol–water partition coefficient (Wildman–Crippen LogP) is 2.55. The van der Waals surface area contributed by atoms with Gasteiger partial charge in [-0.25, -0.2) is 4.98 Å². The number of nitrogens with zero attached hydrogens (tertiary/aromatic N) is 1. The molecule has 1 amide bonds. The third-order valence-corrected chi connectivity index (χ3v) is 5.00. The second-order valence-corrected chi connectivity index (χ2v) is 6.54. The van der Waals surface area contributed by atoms with Crippen LogP contribution in [0.1, 0.15) is 39.8 Å². The number of carbonyl (C=O) groups excluding carboxylic acids is 1. The average Bonchev–Trinajstić information content (AvgIpc) is 3.11. The molecule has 1 aromatic heterocycles. The minimum atomic E-state index is -0.126. The van der Waals surface area contributed by atoms with Gasteiger partial charge in [0.1, 0.15) is 11.4 Å². The lowest BCUT2D eigenvalue weighted by molar-refractivity contribution is 0.0946. The molecule has 1 aromatic carbocycles. The highest BCUT2D eigenvalue weighted by Crippen LogP contribution is 2.26. The number of methoxy groups -OCH3 is 1. The summed E-state index contributed by atoms with van der Waals surface area (Å²) in [7, 11) is 1.63. The maximum Gasteiger partial charge on any atom is 0.271 e. The Morgan fingerprint density at radius 1 is 1.52 bits per heavy atom. The van der Waals surface area contributed by atoms with E-state index in [1.165, 1.54) is 6.42 Å². The van der Waals surface area contributed by atoms with Gasteiger partial charge in [0, 0.05) is 24.4 Å². The van der Waals surface area contributed by atoms with Crippen molar-refractivity contribution < 1.29 is 9.53 Å². The summed E-state index contributed by atoms with van der Waals surface area (Å²) in [5, 5.41) is 9.21. The fraction of sp³-hybridized carbons (Fsp3) is 0.412. The lowest BCUT2D eigenvalue weighted by Gasteiger charge is -2.20. The number of hydrogen-bond donors (Lipinski definition) is 2. The smallest absolute Gasteiger partial charge is 0.271 e. The number of aromatic nitrogens is 1. The zero-order chi connectivity index (χ0) is 16.1. The number of nitrogens with one attached hydrogen (secondary N) is 2. The van der Waals surface area contributed by atoms with E-state index in [2.05, 4.69) is 15.6 Å². The Morgan fingerprint density at radius 3 is 3.22 bits per heavy atom. The summed E-state index contributed by atoms with van der Waals surface area (Å²) in [6, 6.07) is 7.68. The summed E-state index contributed by atoms with van der Waals surface area (Å²) < 4.78 is 5.19. The van der Waals surface area contributed by atoms with Crippen LogP contribution in [0.4, 0.5) is 0 Å². The van der Waals surface area contributed by atoms with Gasteiger partial charge in [-0.2, -0.15) is 0 Å². The minimum Gasteiger partial charge on any atom is -0.497 e. The molecule has 1 atom stereocenters. The van der Waals surface area contributed by atoms with Crippen LogP contribution < -0.4 is 15.4 Å². The third-order valence-electron chi connectivity index (χ3n) is 3.99. The molecule has 0 bridgehead atoms. The van der Waals surface area contributed by atoms with Crippen molar-refractivity contribution in [1.29, 1.82) is 0 Å². The van der Waals surface area contributed by atoms with E-state index >= 15 is 0 Å². The zero-order valence-electron chi connectivity index (χ0n) is 13.2. The fourth-order valence-electron chi connectivity index (χ4n) is 2.70. The van der Waals surface area contributed by atoms with Crippen LogP contribution in [0.15, 0.2) is 29.6 Å². The second-order valence-electron chi connectivity index (χ2n) is 5.65. The van der Waals surface area contributed by atoms with Crippen molar-refractivity contribution in [3.63, 3.8) is 0 Å². The lowest BCUT2D eigenvalue weighted by atomic mass is 10.0. The molecule has 122 valence electrons. The maximum absolute atomic E-state index is 12.3. The number of thiazole rings is 1. The number of rotatable bonds is 5. The van der Waals surface area contributed by atoms with Gasteiger partial charge < -0.3 is 15.4 Å². The van der Waals surface area contributed by atoms with Crippen LogP contribution in [-0.2, 0) is 6.54 Å². The van der Waals surface area contributed by atoms with Crippen LogP contribution in [0.2, 0.25) is 0 Å².